The topological polar surface area (TPSA) is 17.1 Å². The molecule has 0 atom stereocenters. The standard InChI is InChI=1S/C17H30O/c1-2-3-4-5-6-7-8-9-10-11-12-13-14-15-16-17-18/h13-17H,2-12H2,1H3/b14-13-,16-15-. The number of unbranched alkanes of at least 4 members (excludes halogenated alkanes) is 10. The Morgan fingerprint density at radius 2 is 1.22 bits per heavy atom. The summed E-state index contributed by atoms with van der Waals surface area (Å²) in [4.78, 5) is 10.0. The third kappa shape index (κ3) is 15.1. The first-order valence-electron chi connectivity index (χ1n) is 7.68. The van der Waals surface area contributed by atoms with Crippen molar-refractivity contribution in [2.75, 3.05) is 0 Å². The lowest BCUT2D eigenvalue weighted by molar-refractivity contribution is -0.104. The van der Waals surface area contributed by atoms with Gasteiger partial charge in [-0.2, -0.15) is 0 Å². The van der Waals surface area contributed by atoms with Crippen molar-refractivity contribution in [3.63, 3.8) is 0 Å². The molecule has 104 valence electrons. The summed E-state index contributed by atoms with van der Waals surface area (Å²) in [6.07, 6.45) is 23.2. The Balaban J connectivity index is 3.05. The van der Waals surface area contributed by atoms with Crippen LogP contribution in [0.25, 0.3) is 0 Å². The molecular weight excluding hydrogens is 220 g/mol. The molecule has 0 unspecified atom stereocenters. The largest absolute Gasteiger partial charge is 0.299 e. The van der Waals surface area contributed by atoms with Gasteiger partial charge in [-0.1, -0.05) is 82.9 Å². The quantitative estimate of drug-likeness (QED) is 0.180. The molecule has 0 spiro atoms. The van der Waals surface area contributed by atoms with Crippen LogP contribution >= 0.6 is 0 Å². The van der Waals surface area contributed by atoms with Crippen molar-refractivity contribution in [3.05, 3.63) is 24.3 Å². The lowest BCUT2D eigenvalue weighted by Gasteiger charge is -2.01. The summed E-state index contributed by atoms with van der Waals surface area (Å²) in [6.45, 7) is 2.27. The van der Waals surface area contributed by atoms with Crippen molar-refractivity contribution in [1.29, 1.82) is 0 Å². The van der Waals surface area contributed by atoms with E-state index in [1.54, 1.807) is 6.08 Å². The number of hydrogen-bond acceptors (Lipinski definition) is 1. The molecule has 0 aromatic carbocycles. The molecule has 0 radical (unpaired) electrons. The van der Waals surface area contributed by atoms with E-state index in [1.807, 2.05) is 6.08 Å². The normalized spacial score (nSPS) is 11.6. The van der Waals surface area contributed by atoms with Gasteiger partial charge >= 0.3 is 0 Å². The van der Waals surface area contributed by atoms with Crippen molar-refractivity contribution in [2.45, 2.75) is 77.6 Å². The Kier molecular flexibility index (Phi) is 15.4. The average Bonchev–Trinajstić information content (AvgIpc) is 2.39. The Morgan fingerprint density at radius 1 is 0.667 bits per heavy atom. The highest BCUT2D eigenvalue weighted by atomic mass is 16.1. The van der Waals surface area contributed by atoms with Crippen LogP contribution in [0, 0.1) is 0 Å². The van der Waals surface area contributed by atoms with Crippen LogP contribution < -0.4 is 0 Å². The van der Waals surface area contributed by atoms with Crippen LogP contribution in [0.2, 0.25) is 0 Å². The zero-order valence-electron chi connectivity index (χ0n) is 12.1. The van der Waals surface area contributed by atoms with Gasteiger partial charge in [-0.25, -0.2) is 0 Å². The highest BCUT2D eigenvalue weighted by molar-refractivity contribution is 5.65. The van der Waals surface area contributed by atoms with E-state index in [0.29, 0.717) is 0 Å². The fourth-order valence-electron chi connectivity index (χ4n) is 2.03. The minimum atomic E-state index is 0.810. The fraction of sp³-hybridized carbons (Fsp3) is 0.706. The smallest absolute Gasteiger partial charge is 0.142 e. The van der Waals surface area contributed by atoms with Crippen LogP contribution in [-0.2, 0) is 4.79 Å². The minimum absolute atomic E-state index is 0.810. The van der Waals surface area contributed by atoms with Gasteiger partial charge in [-0.05, 0) is 18.9 Å². The molecular formula is C17H30O. The molecule has 0 aromatic heterocycles. The van der Waals surface area contributed by atoms with Crippen LogP contribution in [0.15, 0.2) is 24.3 Å². The van der Waals surface area contributed by atoms with E-state index in [2.05, 4.69) is 13.0 Å². The van der Waals surface area contributed by atoms with Gasteiger partial charge in [0.25, 0.3) is 0 Å². The molecule has 0 saturated heterocycles. The van der Waals surface area contributed by atoms with Crippen molar-refractivity contribution in [2.24, 2.45) is 0 Å². The maximum atomic E-state index is 10.0. The monoisotopic (exact) mass is 250 g/mol. The maximum Gasteiger partial charge on any atom is 0.142 e. The minimum Gasteiger partial charge on any atom is -0.299 e. The van der Waals surface area contributed by atoms with Gasteiger partial charge in [0.15, 0.2) is 0 Å². The van der Waals surface area contributed by atoms with Gasteiger partial charge in [0.1, 0.15) is 6.29 Å². The number of aldehydes is 1. The highest BCUT2D eigenvalue weighted by Crippen LogP contribution is 2.11. The van der Waals surface area contributed by atoms with Crippen LogP contribution in [0.5, 0.6) is 0 Å². The average molecular weight is 250 g/mol. The predicted octanol–water partition coefficient (Wildman–Crippen LogP) is 5.61. The van der Waals surface area contributed by atoms with Crippen molar-refractivity contribution in [3.8, 4) is 0 Å². The number of hydrogen-bond donors (Lipinski definition) is 0. The van der Waals surface area contributed by atoms with Gasteiger partial charge in [0.2, 0.25) is 0 Å². The van der Waals surface area contributed by atoms with E-state index in [0.717, 1.165) is 12.7 Å². The van der Waals surface area contributed by atoms with Crippen molar-refractivity contribution in [1.82, 2.24) is 0 Å². The van der Waals surface area contributed by atoms with Crippen LogP contribution in [-0.4, -0.2) is 6.29 Å². The second kappa shape index (κ2) is 16.1. The number of allylic oxidation sites excluding steroid dienone is 4. The Bertz CT molecular complexity index is 216. The fourth-order valence-corrected chi connectivity index (χ4v) is 2.03. The molecule has 1 nitrogen and oxygen atoms in total. The summed E-state index contributed by atoms with van der Waals surface area (Å²) in [5.74, 6) is 0. The van der Waals surface area contributed by atoms with E-state index < -0.39 is 0 Å². The van der Waals surface area contributed by atoms with E-state index in [4.69, 9.17) is 0 Å². The summed E-state index contributed by atoms with van der Waals surface area (Å²) in [7, 11) is 0. The molecule has 0 saturated carbocycles. The lowest BCUT2D eigenvalue weighted by Crippen LogP contribution is -1.81. The molecule has 0 aliphatic carbocycles. The zero-order chi connectivity index (χ0) is 13.3. The van der Waals surface area contributed by atoms with Crippen molar-refractivity contribution < 1.29 is 4.79 Å². The van der Waals surface area contributed by atoms with E-state index in [9.17, 15) is 4.79 Å². The molecule has 0 aliphatic rings. The van der Waals surface area contributed by atoms with Gasteiger partial charge in [0.05, 0.1) is 0 Å². The summed E-state index contributed by atoms with van der Waals surface area (Å²) in [6, 6.07) is 0. The van der Waals surface area contributed by atoms with Crippen molar-refractivity contribution >= 4 is 6.29 Å². The van der Waals surface area contributed by atoms with Gasteiger partial charge in [-0.15, -0.1) is 0 Å². The summed E-state index contributed by atoms with van der Waals surface area (Å²) < 4.78 is 0. The van der Waals surface area contributed by atoms with Crippen LogP contribution in [0.4, 0.5) is 0 Å². The summed E-state index contributed by atoms with van der Waals surface area (Å²) in [5, 5.41) is 0. The molecule has 18 heavy (non-hydrogen) atoms. The highest BCUT2D eigenvalue weighted by Gasteiger charge is 1.91. The van der Waals surface area contributed by atoms with E-state index in [-0.39, 0.29) is 0 Å². The van der Waals surface area contributed by atoms with E-state index >= 15 is 0 Å². The van der Waals surface area contributed by atoms with Crippen LogP contribution in [0.1, 0.15) is 77.6 Å². The summed E-state index contributed by atoms with van der Waals surface area (Å²) >= 11 is 0. The Morgan fingerprint density at radius 3 is 1.78 bits per heavy atom. The van der Waals surface area contributed by atoms with Gasteiger partial charge in [-0.3, -0.25) is 4.79 Å². The molecule has 1 heteroatoms. The molecule has 0 heterocycles. The zero-order valence-corrected chi connectivity index (χ0v) is 12.1. The van der Waals surface area contributed by atoms with Crippen LogP contribution in [0.3, 0.4) is 0 Å². The summed E-state index contributed by atoms with van der Waals surface area (Å²) in [5.41, 5.74) is 0. The molecule has 0 bridgehead atoms. The van der Waals surface area contributed by atoms with Gasteiger partial charge < -0.3 is 0 Å². The third-order valence-corrected chi connectivity index (χ3v) is 3.16. The Labute approximate surface area is 113 Å². The first-order valence-corrected chi connectivity index (χ1v) is 7.68. The predicted molar refractivity (Wildman–Crippen MR) is 80.8 cm³/mol. The number of carbonyl (C=O) groups is 1. The number of carbonyl (C=O) groups excluding carboxylic acids is 1. The molecule has 0 N–H and O–H groups in total. The molecule has 0 aromatic rings. The Hall–Kier alpha value is -0.850. The lowest BCUT2D eigenvalue weighted by atomic mass is 10.1. The molecule has 0 amide bonds. The SMILES string of the molecule is CCCCCCCCCCCC/C=C\C=C/C=O. The second-order valence-corrected chi connectivity index (χ2v) is 4.92. The van der Waals surface area contributed by atoms with E-state index in [1.165, 1.54) is 70.3 Å². The first-order chi connectivity index (χ1) is 8.91. The molecule has 0 fully saturated rings. The number of rotatable bonds is 13. The second-order valence-electron chi connectivity index (χ2n) is 4.92. The third-order valence-electron chi connectivity index (χ3n) is 3.16. The maximum absolute atomic E-state index is 10.0. The molecule has 0 rings (SSSR count). The first kappa shape index (κ1) is 17.2. The molecule has 0 aliphatic heterocycles. The van der Waals surface area contributed by atoms with Gasteiger partial charge in [0, 0.05) is 0 Å².